The maximum Gasteiger partial charge on any atom is 0.111 e. The van der Waals surface area contributed by atoms with Gasteiger partial charge in [0.25, 0.3) is 0 Å². The highest BCUT2D eigenvalue weighted by Crippen LogP contribution is 2.23. The zero-order chi connectivity index (χ0) is 8.97. The van der Waals surface area contributed by atoms with Gasteiger partial charge < -0.3 is 10.2 Å². The first-order valence-electron chi connectivity index (χ1n) is 4.15. The van der Waals surface area contributed by atoms with Crippen molar-refractivity contribution < 1.29 is 10.2 Å². The lowest BCUT2D eigenvalue weighted by molar-refractivity contribution is 0.0984. The molecule has 0 saturated heterocycles. The van der Waals surface area contributed by atoms with Crippen LogP contribution in [0.25, 0.3) is 0 Å². The van der Waals surface area contributed by atoms with Gasteiger partial charge in [0.1, 0.15) is 6.10 Å². The maximum atomic E-state index is 9.27. The van der Waals surface area contributed by atoms with Crippen molar-refractivity contribution in [3.05, 3.63) is 21.9 Å². The van der Waals surface area contributed by atoms with Crippen LogP contribution < -0.4 is 0 Å². The van der Waals surface area contributed by atoms with Crippen LogP contribution in [0.4, 0.5) is 0 Å². The van der Waals surface area contributed by atoms with Crippen LogP contribution in [0.15, 0.2) is 12.1 Å². The molecule has 1 rings (SSSR count). The summed E-state index contributed by atoms with van der Waals surface area (Å²) in [6.07, 6.45) is 1.48. The monoisotopic (exact) mass is 186 g/mol. The Kier molecular flexibility index (Phi) is 3.72. The van der Waals surface area contributed by atoms with Crippen LogP contribution in [0, 0.1) is 0 Å². The molecule has 1 aromatic heterocycles. The van der Waals surface area contributed by atoms with Crippen molar-refractivity contribution in [1.29, 1.82) is 0 Å². The molecule has 0 saturated carbocycles. The molecule has 0 radical (unpaired) electrons. The van der Waals surface area contributed by atoms with Gasteiger partial charge in [-0.1, -0.05) is 13.3 Å². The zero-order valence-electron chi connectivity index (χ0n) is 7.16. The smallest absolute Gasteiger partial charge is 0.111 e. The van der Waals surface area contributed by atoms with Gasteiger partial charge >= 0.3 is 0 Å². The van der Waals surface area contributed by atoms with Crippen LogP contribution in [0.5, 0.6) is 0 Å². The predicted molar refractivity (Wildman–Crippen MR) is 50.4 cm³/mol. The van der Waals surface area contributed by atoms with E-state index < -0.39 is 6.10 Å². The highest BCUT2D eigenvalue weighted by molar-refractivity contribution is 7.12. The molecular formula is C9H14O2S. The van der Waals surface area contributed by atoms with E-state index in [1.165, 1.54) is 4.88 Å². The third-order valence-electron chi connectivity index (χ3n) is 1.68. The Bertz CT molecular complexity index is 232. The Hall–Kier alpha value is -0.380. The quantitative estimate of drug-likeness (QED) is 0.751. The Morgan fingerprint density at radius 2 is 2.25 bits per heavy atom. The molecule has 0 aliphatic rings. The lowest BCUT2D eigenvalue weighted by Crippen LogP contribution is -1.98. The van der Waals surface area contributed by atoms with Gasteiger partial charge in [0.15, 0.2) is 0 Å². The molecule has 0 fully saturated rings. The molecule has 0 aliphatic carbocycles. The van der Waals surface area contributed by atoms with Crippen LogP contribution in [0.3, 0.4) is 0 Å². The summed E-state index contributed by atoms with van der Waals surface area (Å²) in [4.78, 5) is 2.14. The van der Waals surface area contributed by atoms with Crippen LogP contribution in [-0.2, 0) is 6.42 Å². The number of aliphatic hydroxyl groups is 2. The number of rotatable bonds is 4. The van der Waals surface area contributed by atoms with E-state index in [1.807, 2.05) is 12.1 Å². The SMILES string of the molecule is CCCc1ccc(C(O)CO)s1. The van der Waals surface area contributed by atoms with Gasteiger partial charge in [0.05, 0.1) is 6.61 Å². The Labute approximate surface area is 76.5 Å². The molecule has 2 nitrogen and oxygen atoms in total. The predicted octanol–water partition coefficient (Wildman–Crippen LogP) is 1.73. The topological polar surface area (TPSA) is 40.5 Å². The average Bonchev–Trinajstić information content (AvgIpc) is 2.52. The minimum absolute atomic E-state index is 0.188. The molecule has 0 spiro atoms. The minimum Gasteiger partial charge on any atom is -0.393 e. The Balaban J connectivity index is 2.63. The highest BCUT2D eigenvalue weighted by Gasteiger charge is 2.08. The van der Waals surface area contributed by atoms with Crippen molar-refractivity contribution in [2.75, 3.05) is 6.61 Å². The summed E-state index contributed by atoms with van der Waals surface area (Å²) < 4.78 is 0. The minimum atomic E-state index is -0.694. The number of aliphatic hydroxyl groups excluding tert-OH is 2. The molecule has 2 N–H and O–H groups in total. The van der Waals surface area contributed by atoms with E-state index >= 15 is 0 Å². The van der Waals surface area contributed by atoms with Gasteiger partial charge in [-0.15, -0.1) is 11.3 Å². The molecule has 1 atom stereocenters. The van der Waals surface area contributed by atoms with E-state index in [0.717, 1.165) is 17.7 Å². The second-order valence-electron chi connectivity index (χ2n) is 2.75. The zero-order valence-corrected chi connectivity index (χ0v) is 7.97. The number of hydrogen-bond donors (Lipinski definition) is 2. The first-order valence-corrected chi connectivity index (χ1v) is 4.97. The summed E-state index contributed by atoms with van der Waals surface area (Å²) in [5, 5.41) is 18.0. The lowest BCUT2D eigenvalue weighted by atomic mass is 10.2. The van der Waals surface area contributed by atoms with Gasteiger partial charge in [0.2, 0.25) is 0 Å². The number of hydrogen-bond acceptors (Lipinski definition) is 3. The molecule has 0 aromatic carbocycles. The van der Waals surface area contributed by atoms with Crippen LogP contribution >= 0.6 is 11.3 Å². The van der Waals surface area contributed by atoms with Gasteiger partial charge in [-0.2, -0.15) is 0 Å². The van der Waals surface area contributed by atoms with Gasteiger partial charge in [-0.3, -0.25) is 0 Å². The normalized spacial score (nSPS) is 13.2. The van der Waals surface area contributed by atoms with E-state index in [2.05, 4.69) is 6.92 Å². The Morgan fingerprint density at radius 1 is 1.50 bits per heavy atom. The molecule has 0 bridgehead atoms. The van der Waals surface area contributed by atoms with E-state index in [9.17, 15) is 5.11 Å². The first-order chi connectivity index (χ1) is 5.77. The number of aryl methyl sites for hydroxylation is 1. The summed E-state index contributed by atoms with van der Waals surface area (Å²) in [5.74, 6) is 0. The molecular weight excluding hydrogens is 172 g/mol. The van der Waals surface area contributed by atoms with Gasteiger partial charge in [-0.25, -0.2) is 0 Å². The fourth-order valence-electron chi connectivity index (χ4n) is 1.04. The van der Waals surface area contributed by atoms with Crippen molar-refractivity contribution in [1.82, 2.24) is 0 Å². The van der Waals surface area contributed by atoms with Crippen molar-refractivity contribution in [3.8, 4) is 0 Å². The fraction of sp³-hybridized carbons (Fsp3) is 0.556. The second-order valence-corrected chi connectivity index (χ2v) is 3.95. The van der Waals surface area contributed by atoms with Gasteiger partial charge in [0, 0.05) is 9.75 Å². The highest BCUT2D eigenvalue weighted by atomic mass is 32.1. The lowest BCUT2D eigenvalue weighted by Gasteiger charge is -2.01. The van der Waals surface area contributed by atoms with Crippen LogP contribution in [0.2, 0.25) is 0 Å². The molecule has 1 unspecified atom stereocenters. The van der Waals surface area contributed by atoms with Crippen molar-refractivity contribution in [2.24, 2.45) is 0 Å². The molecule has 68 valence electrons. The third kappa shape index (κ3) is 2.30. The van der Waals surface area contributed by atoms with E-state index in [-0.39, 0.29) is 6.61 Å². The summed E-state index contributed by atoms with van der Waals surface area (Å²) in [5.41, 5.74) is 0. The van der Waals surface area contributed by atoms with Crippen molar-refractivity contribution >= 4 is 11.3 Å². The van der Waals surface area contributed by atoms with Crippen LogP contribution in [0.1, 0.15) is 29.2 Å². The van der Waals surface area contributed by atoms with E-state index in [1.54, 1.807) is 11.3 Å². The van der Waals surface area contributed by atoms with Crippen LogP contribution in [-0.4, -0.2) is 16.8 Å². The summed E-state index contributed by atoms with van der Waals surface area (Å²) in [6.45, 7) is 1.94. The summed E-state index contributed by atoms with van der Waals surface area (Å²) >= 11 is 1.58. The molecule has 3 heteroatoms. The standard InChI is InChI=1S/C9H14O2S/c1-2-3-7-4-5-9(12-7)8(11)6-10/h4-5,8,10-11H,2-3,6H2,1H3. The number of thiophene rings is 1. The first kappa shape index (κ1) is 9.71. The summed E-state index contributed by atoms with van der Waals surface area (Å²) in [6, 6.07) is 3.90. The molecule has 1 heterocycles. The third-order valence-corrected chi connectivity index (χ3v) is 2.93. The largest absolute Gasteiger partial charge is 0.393 e. The van der Waals surface area contributed by atoms with Gasteiger partial charge in [-0.05, 0) is 18.6 Å². The fourth-order valence-corrected chi connectivity index (χ4v) is 2.14. The van der Waals surface area contributed by atoms with E-state index in [4.69, 9.17) is 5.11 Å². The second kappa shape index (κ2) is 4.60. The maximum absolute atomic E-state index is 9.27. The van der Waals surface area contributed by atoms with Crippen molar-refractivity contribution in [2.45, 2.75) is 25.9 Å². The average molecular weight is 186 g/mol. The molecule has 1 aromatic rings. The summed E-state index contributed by atoms with van der Waals surface area (Å²) in [7, 11) is 0. The van der Waals surface area contributed by atoms with E-state index in [0.29, 0.717) is 0 Å². The Morgan fingerprint density at radius 3 is 2.83 bits per heavy atom. The molecule has 0 aliphatic heterocycles. The van der Waals surface area contributed by atoms with Crippen molar-refractivity contribution in [3.63, 3.8) is 0 Å². The molecule has 0 amide bonds. The molecule has 12 heavy (non-hydrogen) atoms.